The molecule has 4 nitrogen and oxygen atoms in total. The Morgan fingerprint density at radius 3 is 2.58 bits per heavy atom. The molecule has 5 heteroatoms. The number of ether oxygens (including phenoxy) is 1. The van der Waals surface area contributed by atoms with Crippen molar-refractivity contribution in [2.45, 2.75) is 6.61 Å². The lowest BCUT2D eigenvalue weighted by molar-refractivity contribution is 0.0951. The molecule has 0 radical (unpaired) electrons. The lowest BCUT2D eigenvalue weighted by Crippen LogP contribution is -2.30. The summed E-state index contributed by atoms with van der Waals surface area (Å²) in [5.74, 6) is 5.64. The number of benzene rings is 2. The van der Waals surface area contributed by atoms with Crippen molar-refractivity contribution < 1.29 is 9.53 Å². The first-order valence-corrected chi connectivity index (χ1v) is 6.76. The summed E-state index contributed by atoms with van der Waals surface area (Å²) in [5.41, 5.74) is 3.46. The average molecular weight is 368 g/mol. The topological polar surface area (TPSA) is 64.3 Å². The molecule has 0 atom stereocenters. The molecule has 2 aromatic carbocycles. The number of nitrogen functional groups attached to an aromatic ring is 1. The molecule has 1 amide bonds. The van der Waals surface area contributed by atoms with Gasteiger partial charge in [-0.2, -0.15) is 0 Å². The van der Waals surface area contributed by atoms with Gasteiger partial charge >= 0.3 is 0 Å². The number of carbonyl (C=O) groups is 1. The number of carbonyl (C=O) groups excluding carboxylic acids is 1. The second-order valence-corrected chi connectivity index (χ2v) is 5.01. The van der Waals surface area contributed by atoms with E-state index >= 15 is 0 Å². The molecule has 0 unspecified atom stereocenters. The van der Waals surface area contributed by atoms with Gasteiger partial charge in [-0.25, -0.2) is 5.84 Å². The molecule has 0 saturated heterocycles. The molecule has 0 bridgehead atoms. The highest BCUT2D eigenvalue weighted by Crippen LogP contribution is 2.21. The third-order valence-corrected chi connectivity index (χ3v) is 3.50. The zero-order valence-electron chi connectivity index (χ0n) is 10.1. The summed E-state index contributed by atoms with van der Waals surface area (Å²) in [6.45, 7) is 0.323. The van der Waals surface area contributed by atoms with Gasteiger partial charge in [0, 0.05) is 11.1 Å². The van der Waals surface area contributed by atoms with Crippen LogP contribution in [-0.2, 0) is 6.61 Å². The molecule has 3 N–H and O–H groups in total. The largest absolute Gasteiger partial charge is 0.488 e. The number of amides is 1. The van der Waals surface area contributed by atoms with Gasteiger partial charge in [-0.3, -0.25) is 10.2 Å². The summed E-state index contributed by atoms with van der Waals surface area (Å²) in [5, 5.41) is 0. The predicted octanol–water partition coefficient (Wildman–Crippen LogP) is 2.47. The number of hydrogen-bond acceptors (Lipinski definition) is 3. The van der Waals surface area contributed by atoms with E-state index in [0.29, 0.717) is 12.2 Å². The molecule has 0 aliphatic heterocycles. The van der Waals surface area contributed by atoms with Gasteiger partial charge < -0.3 is 4.74 Å². The molecule has 0 spiro atoms. The third-order valence-electron chi connectivity index (χ3n) is 2.61. The van der Waals surface area contributed by atoms with Crippen LogP contribution in [0.2, 0.25) is 0 Å². The van der Waals surface area contributed by atoms with Crippen LogP contribution in [0.4, 0.5) is 0 Å². The third kappa shape index (κ3) is 3.45. The highest BCUT2D eigenvalue weighted by atomic mass is 127. The van der Waals surface area contributed by atoms with Crippen molar-refractivity contribution >= 4 is 28.5 Å². The molecular weight excluding hydrogens is 355 g/mol. The highest BCUT2D eigenvalue weighted by Gasteiger charge is 2.10. The van der Waals surface area contributed by atoms with Crippen molar-refractivity contribution in [2.75, 3.05) is 0 Å². The van der Waals surface area contributed by atoms with E-state index in [2.05, 4.69) is 28.0 Å². The fourth-order valence-electron chi connectivity index (χ4n) is 1.66. The van der Waals surface area contributed by atoms with E-state index in [-0.39, 0.29) is 5.91 Å². The van der Waals surface area contributed by atoms with E-state index in [1.165, 1.54) is 0 Å². The molecule has 0 aliphatic rings. The molecule has 19 heavy (non-hydrogen) atoms. The standard InChI is InChI=1S/C14H13IN2O2/c15-12-7-3-4-8-13(12)19-9-10-5-1-2-6-11(10)14(18)17-16/h1-8H,9,16H2,(H,17,18). The van der Waals surface area contributed by atoms with Crippen LogP contribution in [0.1, 0.15) is 15.9 Å². The van der Waals surface area contributed by atoms with Gasteiger partial charge in [0.1, 0.15) is 12.4 Å². The predicted molar refractivity (Wildman–Crippen MR) is 81.6 cm³/mol. The Bertz CT molecular complexity index is 587. The summed E-state index contributed by atoms with van der Waals surface area (Å²) in [6.07, 6.45) is 0. The summed E-state index contributed by atoms with van der Waals surface area (Å²) in [7, 11) is 0. The van der Waals surface area contributed by atoms with E-state index in [1.807, 2.05) is 36.4 Å². The smallest absolute Gasteiger partial charge is 0.265 e. The van der Waals surface area contributed by atoms with E-state index < -0.39 is 0 Å². The van der Waals surface area contributed by atoms with Crippen molar-refractivity contribution in [3.05, 3.63) is 63.2 Å². The summed E-state index contributed by atoms with van der Waals surface area (Å²) < 4.78 is 6.76. The van der Waals surface area contributed by atoms with Crippen molar-refractivity contribution in [1.29, 1.82) is 0 Å². The first kappa shape index (κ1) is 13.8. The molecule has 0 fully saturated rings. The molecule has 98 valence electrons. The van der Waals surface area contributed by atoms with Crippen LogP contribution in [0, 0.1) is 3.57 Å². The van der Waals surface area contributed by atoms with Gasteiger partial charge in [-0.15, -0.1) is 0 Å². The number of rotatable bonds is 4. The average Bonchev–Trinajstić information content (AvgIpc) is 2.46. The zero-order valence-corrected chi connectivity index (χ0v) is 12.3. The van der Waals surface area contributed by atoms with Crippen LogP contribution < -0.4 is 16.0 Å². The summed E-state index contributed by atoms with van der Waals surface area (Å²) >= 11 is 2.21. The van der Waals surface area contributed by atoms with Crippen LogP contribution in [0.25, 0.3) is 0 Å². The quantitative estimate of drug-likeness (QED) is 0.377. The molecule has 0 heterocycles. The SMILES string of the molecule is NNC(=O)c1ccccc1COc1ccccc1I. The summed E-state index contributed by atoms with van der Waals surface area (Å²) in [4.78, 5) is 11.6. The van der Waals surface area contributed by atoms with Gasteiger partial charge in [0.05, 0.1) is 3.57 Å². The maximum absolute atomic E-state index is 11.6. The van der Waals surface area contributed by atoms with E-state index in [0.717, 1.165) is 14.9 Å². The fraction of sp³-hybridized carbons (Fsp3) is 0.0714. The van der Waals surface area contributed by atoms with Gasteiger partial charge in [0.15, 0.2) is 0 Å². The first-order chi connectivity index (χ1) is 9.22. The number of para-hydroxylation sites is 1. The van der Waals surface area contributed by atoms with Crippen LogP contribution in [0.3, 0.4) is 0 Å². The Hall–Kier alpha value is -1.60. The van der Waals surface area contributed by atoms with Crippen LogP contribution in [0.15, 0.2) is 48.5 Å². The highest BCUT2D eigenvalue weighted by molar-refractivity contribution is 14.1. The molecule has 0 aliphatic carbocycles. The van der Waals surface area contributed by atoms with Gasteiger partial charge in [-0.05, 0) is 40.8 Å². The minimum atomic E-state index is -0.318. The number of nitrogens with two attached hydrogens (primary N) is 1. The second kappa shape index (κ2) is 6.53. The van der Waals surface area contributed by atoms with Crippen LogP contribution >= 0.6 is 22.6 Å². The number of nitrogens with one attached hydrogen (secondary N) is 1. The van der Waals surface area contributed by atoms with Crippen LogP contribution in [-0.4, -0.2) is 5.91 Å². The van der Waals surface area contributed by atoms with Gasteiger partial charge in [0.25, 0.3) is 5.91 Å². The normalized spacial score (nSPS) is 10.0. The van der Waals surface area contributed by atoms with Crippen molar-refractivity contribution in [2.24, 2.45) is 5.84 Å². The Morgan fingerprint density at radius 2 is 1.84 bits per heavy atom. The lowest BCUT2D eigenvalue weighted by Gasteiger charge is -2.11. The van der Waals surface area contributed by atoms with Crippen molar-refractivity contribution in [1.82, 2.24) is 5.43 Å². The maximum Gasteiger partial charge on any atom is 0.265 e. The molecule has 0 saturated carbocycles. The number of hydrazine groups is 1. The Balaban J connectivity index is 2.16. The Kier molecular flexibility index (Phi) is 4.75. The van der Waals surface area contributed by atoms with Crippen LogP contribution in [0.5, 0.6) is 5.75 Å². The number of hydrogen-bond donors (Lipinski definition) is 2. The molecule has 0 aromatic heterocycles. The van der Waals surface area contributed by atoms with E-state index in [4.69, 9.17) is 10.6 Å². The minimum Gasteiger partial charge on any atom is -0.488 e. The van der Waals surface area contributed by atoms with E-state index in [1.54, 1.807) is 12.1 Å². The van der Waals surface area contributed by atoms with E-state index in [9.17, 15) is 4.79 Å². The summed E-state index contributed by atoms with van der Waals surface area (Å²) in [6, 6.07) is 14.9. The first-order valence-electron chi connectivity index (χ1n) is 5.68. The van der Waals surface area contributed by atoms with Gasteiger partial charge in [-0.1, -0.05) is 30.3 Å². The maximum atomic E-state index is 11.6. The monoisotopic (exact) mass is 368 g/mol. The zero-order chi connectivity index (χ0) is 13.7. The fourth-order valence-corrected chi connectivity index (χ4v) is 2.21. The number of halogens is 1. The molecular formula is C14H13IN2O2. The Labute approximate surface area is 125 Å². The van der Waals surface area contributed by atoms with Crippen molar-refractivity contribution in [3.63, 3.8) is 0 Å². The second-order valence-electron chi connectivity index (χ2n) is 3.85. The molecule has 2 rings (SSSR count). The lowest BCUT2D eigenvalue weighted by atomic mass is 10.1. The minimum absolute atomic E-state index is 0.318. The molecule has 2 aromatic rings. The van der Waals surface area contributed by atoms with Crippen molar-refractivity contribution in [3.8, 4) is 5.75 Å². The van der Waals surface area contributed by atoms with Gasteiger partial charge in [0.2, 0.25) is 0 Å². The Morgan fingerprint density at radius 1 is 1.16 bits per heavy atom.